The molecule has 164 valence electrons. The molecule has 1 aliphatic heterocycles. The first kappa shape index (κ1) is 21.1. The van der Waals surface area contributed by atoms with Gasteiger partial charge in [0.2, 0.25) is 5.91 Å². The molecule has 2 amide bonds. The summed E-state index contributed by atoms with van der Waals surface area (Å²) in [6, 6.07) is 23.7. The molecule has 2 heterocycles. The molecule has 4 aromatic rings. The van der Waals surface area contributed by atoms with Crippen molar-refractivity contribution in [1.29, 1.82) is 0 Å². The van der Waals surface area contributed by atoms with Crippen LogP contribution < -0.4 is 10.6 Å². The van der Waals surface area contributed by atoms with Gasteiger partial charge in [0.15, 0.2) is 0 Å². The lowest BCUT2D eigenvalue weighted by molar-refractivity contribution is -0.116. The van der Waals surface area contributed by atoms with Gasteiger partial charge in [-0.25, -0.2) is 4.98 Å². The maximum absolute atomic E-state index is 12.7. The van der Waals surface area contributed by atoms with Gasteiger partial charge in [0.25, 0.3) is 5.91 Å². The molecule has 0 unspecified atom stereocenters. The molecule has 0 spiro atoms. The number of carbonyl (C=O) groups is 2. The van der Waals surface area contributed by atoms with Gasteiger partial charge in [-0.05, 0) is 42.2 Å². The summed E-state index contributed by atoms with van der Waals surface area (Å²) in [5.74, 6) is -0.0895. The van der Waals surface area contributed by atoms with E-state index in [0.717, 1.165) is 51.5 Å². The number of hydrogen-bond donors (Lipinski definition) is 2. The molecule has 1 aromatic heterocycles. The highest BCUT2D eigenvalue weighted by molar-refractivity contribution is 7.13. The van der Waals surface area contributed by atoms with Crippen LogP contribution in [0.4, 0.5) is 5.69 Å². The molecule has 33 heavy (non-hydrogen) atoms. The second kappa shape index (κ2) is 9.38. The number of aryl methyl sites for hydroxylation is 1. The van der Waals surface area contributed by atoms with E-state index >= 15 is 0 Å². The van der Waals surface area contributed by atoms with Gasteiger partial charge >= 0.3 is 0 Å². The molecule has 2 N–H and O–H groups in total. The van der Waals surface area contributed by atoms with Crippen molar-refractivity contribution in [3.05, 3.63) is 94.9 Å². The number of benzene rings is 3. The topological polar surface area (TPSA) is 71.1 Å². The van der Waals surface area contributed by atoms with Crippen LogP contribution in [0.5, 0.6) is 0 Å². The zero-order valence-electron chi connectivity index (χ0n) is 18.0. The van der Waals surface area contributed by atoms with Crippen LogP contribution in [0.2, 0.25) is 0 Å². The molecule has 3 aromatic carbocycles. The van der Waals surface area contributed by atoms with Crippen molar-refractivity contribution in [1.82, 2.24) is 10.3 Å². The molecule has 6 heteroatoms. The van der Waals surface area contributed by atoms with Crippen LogP contribution in [0, 0.1) is 0 Å². The van der Waals surface area contributed by atoms with Crippen molar-refractivity contribution in [2.45, 2.75) is 25.8 Å². The van der Waals surface area contributed by atoms with E-state index in [9.17, 15) is 9.59 Å². The van der Waals surface area contributed by atoms with Crippen molar-refractivity contribution < 1.29 is 9.59 Å². The molecular formula is C27H23N3O2S. The average molecular weight is 454 g/mol. The normalized spacial score (nSPS) is 13.0. The molecule has 0 saturated heterocycles. The van der Waals surface area contributed by atoms with Crippen molar-refractivity contribution in [3.63, 3.8) is 0 Å². The summed E-state index contributed by atoms with van der Waals surface area (Å²) in [5.41, 5.74) is 6.60. The molecule has 0 radical (unpaired) electrons. The summed E-state index contributed by atoms with van der Waals surface area (Å²) < 4.78 is 0. The highest BCUT2D eigenvalue weighted by Crippen LogP contribution is 2.29. The van der Waals surface area contributed by atoms with E-state index in [1.54, 1.807) is 17.4 Å². The number of nitrogens with zero attached hydrogens (tertiary/aromatic N) is 1. The minimum absolute atomic E-state index is 0.0310. The van der Waals surface area contributed by atoms with Crippen molar-refractivity contribution in [3.8, 4) is 21.8 Å². The van der Waals surface area contributed by atoms with Crippen LogP contribution in [-0.2, 0) is 17.8 Å². The van der Waals surface area contributed by atoms with Gasteiger partial charge in [-0.1, -0.05) is 54.6 Å². The van der Waals surface area contributed by atoms with Gasteiger partial charge < -0.3 is 10.6 Å². The third-order valence-corrected chi connectivity index (χ3v) is 6.61. The zero-order chi connectivity index (χ0) is 22.6. The number of anilines is 1. The van der Waals surface area contributed by atoms with Crippen LogP contribution in [-0.4, -0.2) is 16.8 Å². The third-order valence-electron chi connectivity index (χ3n) is 5.72. The Bertz CT molecular complexity index is 1300. The highest BCUT2D eigenvalue weighted by Gasteiger charge is 2.15. The lowest BCUT2D eigenvalue weighted by Crippen LogP contribution is -2.23. The standard InChI is InChI=1S/C27H23N3O2S/c31-25-8-4-7-21-15-22(13-14-23(21)29-25)26(32)28-16-18-9-11-20(12-10-18)27-30-24(17-33-27)19-5-2-1-3-6-19/h1-3,5-6,9-15,17H,4,7-8,16H2,(H,28,32)(H,29,31). The van der Waals surface area contributed by atoms with Crippen molar-refractivity contribution in [2.75, 3.05) is 5.32 Å². The van der Waals surface area contributed by atoms with E-state index in [2.05, 4.69) is 28.1 Å². The number of nitrogens with one attached hydrogen (secondary N) is 2. The van der Waals surface area contributed by atoms with E-state index in [4.69, 9.17) is 4.98 Å². The van der Waals surface area contributed by atoms with Crippen LogP contribution in [0.3, 0.4) is 0 Å². The first-order valence-electron chi connectivity index (χ1n) is 11.0. The molecule has 5 nitrogen and oxygen atoms in total. The van der Waals surface area contributed by atoms with E-state index < -0.39 is 0 Å². The summed E-state index contributed by atoms with van der Waals surface area (Å²) in [6.07, 6.45) is 2.10. The third kappa shape index (κ3) is 4.86. The van der Waals surface area contributed by atoms with Crippen LogP contribution in [0.1, 0.15) is 34.3 Å². The fraction of sp³-hybridized carbons (Fsp3) is 0.148. The Hall–Kier alpha value is -3.77. The SMILES string of the molecule is O=C1CCCc2cc(C(=O)NCc3ccc(-c4nc(-c5ccccc5)cs4)cc3)ccc2N1. The average Bonchev–Trinajstić information content (AvgIpc) is 3.27. The first-order chi connectivity index (χ1) is 16.2. The molecular weight excluding hydrogens is 430 g/mol. The monoisotopic (exact) mass is 453 g/mol. The van der Waals surface area contributed by atoms with Crippen LogP contribution in [0.25, 0.3) is 21.8 Å². The van der Waals surface area contributed by atoms with Crippen LogP contribution >= 0.6 is 11.3 Å². The predicted molar refractivity (Wildman–Crippen MR) is 132 cm³/mol. The highest BCUT2D eigenvalue weighted by atomic mass is 32.1. The second-order valence-electron chi connectivity index (χ2n) is 8.06. The molecule has 0 bridgehead atoms. The number of rotatable bonds is 5. The van der Waals surface area contributed by atoms with E-state index in [0.29, 0.717) is 18.5 Å². The molecule has 0 fully saturated rings. The Balaban J connectivity index is 1.22. The second-order valence-corrected chi connectivity index (χ2v) is 8.92. The zero-order valence-corrected chi connectivity index (χ0v) is 18.8. The summed E-state index contributed by atoms with van der Waals surface area (Å²) in [6.45, 7) is 0.445. The molecule has 0 atom stereocenters. The van der Waals surface area contributed by atoms with Crippen LogP contribution in [0.15, 0.2) is 78.2 Å². The minimum Gasteiger partial charge on any atom is -0.348 e. The number of aromatic nitrogens is 1. The largest absolute Gasteiger partial charge is 0.348 e. The van der Waals surface area contributed by atoms with Gasteiger partial charge in [-0.15, -0.1) is 11.3 Å². The van der Waals surface area contributed by atoms with Crippen molar-refractivity contribution in [2.24, 2.45) is 0 Å². The van der Waals surface area contributed by atoms with E-state index in [-0.39, 0.29) is 11.8 Å². The summed E-state index contributed by atoms with van der Waals surface area (Å²) in [7, 11) is 0. The maximum Gasteiger partial charge on any atom is 0.251 e. The summed E-state index contributed by atoms with van der Waals surface area (Å²) in [4.78, 5) is 29.1. The molecule has 5 rings (SSSR count). The van der Waals surface area contributed by atoms with E-state index in [1.807, 2.05) is 54.6 Å². The number of carbonyl (C=O) groups excluding carboxylic acids is 2. The fourth-order valence-electron chi connectivity index (χ4n) is 3.91. The number of amides is 2. The quantitative estimate of drug-likeness (QED) is 0.408. The smallest absolute Gasteiger partial charge is 0.251 e. The Morgan fingerprint density at radius 2 is 1.79 bits per heavy atom. The summed E-state index contributed by atoms with van der Waals surface area (Å²) >= 11 is 1.62. The molecule has 1 aliphatic rings. The Labute approximate surface area is 196 Å². The van der Waals surface area contributed by atoms with Gasteiger partial charge in [0, 0.05) is 40.7 Å². The lowest BCUT2D eigenvalue weighted by Gasteiger charge is -2.10. The minimum atomic E-state index is -0.120. The maximum atomic E-state index is 12.7. The Kier molecular flexibility index (Phi) is 6.00. The van der Waals surface area contributed by atoms with Gasteiger partial charge in [-0.3, -0.25) is 9.59 Å². The van der Waals surface area contributed by atoms with Gasteiger partial charge in [0.1, 0.15) is 5.01 Å². The number of fused-ring (bicyclic) bond motifs is 1. The Morgan fingerprint density at radius 1 is 0.970 bits per heavy atom. The Morgan fingerprint density at radius 3 is 2.61 bits per heavy atom. The van der Waals surface area contributed by atoms with E-state index in [1.165, 1.54) is 0 Å². The van der Waals surface area contributed by atoms with Crippen molar-refractivity contribution >= 4 is 28.8 Å². The predicted octanol–water partition coefficient (Wildman–Crippen LogP) is 5.68. The molecule has 0 aliphatic carbocycles. The number of thiazole rings is 1. The number of hydrogen-bond acceptors (Lipinski definition) is 4. The van der Waals surface area contributed by atoms with Gasteiger partial charge in [0.05, 0.1) is 5.69 Å². The molecule has 0 saturated carbocycles. The fourth-order valence-corrected chi connectivity index (χ4v) is 4.75. The summed E-state index contributed by atoms with van der Waals surface area (Å²) in [5, 5.41) is 8.94. The first-order valence-corrected chi connectivity index (χ1v) is 11.8. The van der Waals surface area contributed by atoms with Gasteiger partial charge in [-0.2, -0.15) is 0 Å². The lowest BCUT2D eigenvalue weighted by atomic mass is 10.0.